The van der Waals surface area contributed by atoms with Crippen molar-refractivity contribution in [1.82, 2.24) is 4.98 Å². The van der Waals surface area contributed by atoms with Crippen LogP contribution in [0.1, 0.15) is 36.3 Å². The van der Waals surface area contributed by atoms with Crippen molar-refractivity contribution >= 4 is 28.3 Å². The fraction of sp³-hybridized carbons (Fsp3) is 0.615. The third-order valence-electron chi connectivity index (χ3n) is 3.98. The fourth-order valence-corrected chi connectivity index (χ4v) is 3.95. The molecule has 0 aromatic carbocycles. The Kier molecular flexibility index (Phi) is 3.26. The van der Waals surface area contributed by atoms with E-state index >= 15 is 0 Å². The van der Waals surface area contributed by atoms with E-state index in [0.717, 1.165) is 25.0 Å². The zero-order valence-electron chi connectivity index (χ0n) is 10.5. The third-order valence-corrected chi connectivity index (χ3v) is 5.05. The van der Waals surface area contributed by atoms with Crippen molar-refractivity contribution in [3.8, 4) is 0 Å². The van der Waals surface area contributed by atoms with Gasteiger partial charge in [0.1, 0.15) is 0 Å². The molecule has 102 valence electrons. The Morgan fingerprint density at radius 2 is 2.05 bits per heavy atom. The predicted octanol–water partition coefficient (Wildman–Crippen LogP) is 2.07. The first-order valence-electron chi connectivity index (χ1n) is 6.65. The van der Waals surface area contributed by atoms with Gasteiger partial charge in [-0.15, -0.1) is 11.3 Å². The lowest BCUT2D eigenvalue weighted by atomic mass is 10.0. The Hall–Kier alpha value is -1.43. The van der Waals surface area contributed by atoms with Gasteiger partial charge in [0.25, 0.3) is 0 Å². The topological polar surface area (TPSA) is 79.3 Å². The number of aromatic nitrogens is 1. The van der Waals surface area contributed by atoms with Crippen LogP contribution in [0.4, 0.5) is 5.13 Å². The van der Waals surface area contributed by atoms with Gasteiger partial charge in [-0.3, -0.25) is 9.59 Å². The van der Waals surface area contributed by atoms with Gasteiger partial charge < -0.3 is 10.4 Å². The van der Waals surface area contributed by atoms with Gasteiger partial charge in [0, 0.05) is 10.8 Å². The second kappa shape index (κ2) is 4.92. The van der Waals surface area contributed by atoms with Crippen molar-refractivity contribution < 1.29 is 14.7 Å². The molecular formula is C13H16N2O3S. The molecule has 1 saturated carbocycles. The highest BCUT2D eigenvalue weighted by molar-refractivity contribution is 7.15. The van der Waals surface area contributed by atoms with Crippen LogP contribution < -0.4 is 5.32 Å². The van der Waals surface area contributed by atoms with Crippen molar-refractivity contribution in [3.05, 3.63) is 10.6 Å². The van der Waals surface area contributed by atoms with E-state index in [2.05, 4.69) is 10.3 Å². The lowest BCUT2D eigenvalue weighted by Gasteiger charge is -2.08. The number of aryl methyl sites for hydroxylation is 2. The molecule has 1 amide bonds. The molecule has 0 radical (unpaired) electrons. The van der Waals surface area contributed by atoms with Gasteiger partial charge in [-0.2, -0.15) is 0 Å². The van der Waals surface area contributed by atoms with Gasteiger partial charge in [0.2, 0.25) is 5.91 Å². The highest BCUT2D eigenvalue weighted by atomic mass is 32.1. The Bertz CT molecular complexity index is 504. The summed E-state index contributed by atoms with van der Waals surface area (Å²) in [6, 6.07) is 0. The second-order valence-electron chi connectivity index (χ2n) is 5.28. The van der Waals surface area contributed by atoms with Crippen molar-refractivity contribution in [2.45, 2.75) is 38.5 Å². The number of aliphatic carboxylic acids is 1. The van der Waals surface area contributed by atoms with Gasteiger partial charge in [-0.1, -0.05) is 0 Å². The van der Waals surface area contributed by atoms with Crippen molar-refractivity contribution in [3.63, 3.8) is 0 Å². The van der Waals surface area contributed by atoms with Crippen LogP contribution in [0.5, 0.6) is 0 Å². The number of carbonyl (C=O) groups is 2. The number of carboxylic acid groups (broad SMARTS) is 1. The van der Waals surface area contributed by atoms with Crippen LogP contribution in [0.25, 0.3) is 0 Å². The number of carboxylic acids is 1. The molecular weight excluding hydrogens is 264 g/mol. The van der Waals surface area contributed by atoms with Gasteiger partial charge in [0.15, 0.2) is 5.13 Å². The van der Waals surface area contributed by atoms with Crippen LogP contribution in [0, 0.1) is 11.8 Å². The SMILES string of the molecule is O=C(O)[C@H]1CC[C@@H](C(=O)Nc2nc3c(s2)CCC3)C1. The molecule has 19 heavy (non-hydrogen) atoms. The second-order valence-corrected chi connectivity index (χ2v) is 6.36. The molecule has 0 saturated heterocycles. The van der Waals surface area contributed by atoms with Crippen molar-refractivity contribution in [2.24, 2.45) is 11.8 Å². The number of nitrogens with zero attached hydrogens (tertiary/aromatic N) is 1. The summed E-state index contributed by atoms with van der Waals surface area (Å²) in [7, 11) is 0. The fourth-order valence-electron chi connectivity index (χ4n) is 2.90. The smallest absolute Gasteiger partial charge is 0.306 e. The summed E-state index contributed by atoms with van der Waals surface area (Å²) in [4.78, 5) is 28.7. The molecule has 6 heteroatoms. The summed E-state index contributed by atoms with van der Waals surface area (Å²) >= 11 is 1.56. The number of fused-ring (bicyclic) bond motifs is 1. The maximum Gasteiger partial charge on any atom is 0.306 e. The number of rotatable bonds is 3. The summed E-state index contributed by atoms with van der Waals surface area (Å²) in [5.74, 6) is -1.41. The molecule has 1 aromatic heterocycles. The number of thiazole rings is 1. The molecule has 0 aliphatic heterocycles. The zero-order chi connectivity index (χ0) is 13.4. The van der Waals surface area contributed by atoms with Crippen LogP contribution in [0.3, 0.4) is 0 Å². The molecule has 2 aliphatic rings. The maximum absolute atomic E-state index is 12.1. The number of hydrogen-bond acceptors (Lipinski definition) is 4. The minimum Gasteiger partial charge on any atom is -0.481 e. The standard InChI is InChI=1S/C13H16N2O3S/c16-11(7-4-5-8(6-7)12(17)18)15-13-14-9-2-1-3-10(9)19-13/h7-8H,1-6H2,(H,17,18)(H,14,15,16)/t7-,8+/m1/s1. The molecule has 2 N–H and O–H groups in total. The first kappa shape index (κ1) is 12.6. The van der Waals surface area contributed by atoms with Gasteiger partial charge in [-0.25, -0.2) is 4.98 Å². The Labute approximate surface area is 115 Å². The summed E-state index contributed by atoms with van der Waals surface area (Å²) < 4.78 is 0. The maximum atomic E-state index is 12.1. The predicted molar refractivity (Wildman–Crippen MR) is 71.2 cm³/mol. The molecule has 3 rings (SSSR count). The highest BCUT2D eigenvalue weighted by Gasteiger charge is 2.34. The molecule has 0 bridgehead atoms. The average Bonchev–Trinajstić information content (AvgIpc) is 3.02. The number of amides is 1. The van der Waals surface area contributed by atoms with E-state index < -0.39 is 5.97 Å². The van der Waals surface area contributed by atoms with Crippen LogP contribution in [0.2, 0.25) is 0 Å². The lowest BCUT2D eigenvalue weighted by molar-refractivity contribution is -0.141. The largest absolute Gasteiger partial charge is 0.481 e. The number of hydrogen-bond donors (Lipinski definition) is 2. The van der Waals surface area contributed by atoms with E-state index in [1.54, 1.807) is 11.3 Å². The van der Waals surface area contributed by atoms with Gasteiger partial charge >= 0.3 is 5.97 Å². The molecule has 2 atom stereocenters. The molecule has 1 aromatic rings. The van der Waals surface area contributed by atoms with Gasteiger partial charge in [0.05, 0.1) is 11.6 Å². The zero-order valence-corrected chi connectivity index (χ0v) is 11.3. The Balaban J connectivity index is 1.60. The molecule has 2 aliphatic carbocycles. The number of carbonyl (C=O) groups excluding carboxylic acids is 1. The van der Waals surface area contributed by atoms with E-state index in [4.69, 9.17) is 5.11 Å². The molecule has 0 spiro atoms. The van der Waals surface area contributed by atoms with E-state index in [9.17, 15) is 9.59 Å². The summed E-state index contributed by atoms with van der Waals surface area (Å²) in [5.41, 5.74) is 1.12. The van der Waals surface area contributed by atoms with Crippen molar-refractivity contribution in [2.75, 3.05) is 5.32 Å². The average molecular weight is 280 g/mol. The van der Waals surface area contributed by atoms with Crippen LogP contribution in [-0.2, 0) is 22.4 Å². The molecule has 1 heterocycles. The summed E-state index contributed by atoms with van der Waals surface area (Å²) in [6.07, 6.45) is 4.94. The minimum atomic E-state index is -0.788. The van der Waals surface area contributed by atoms with Crippen LogP contribution >= 0.6 is 11.3 Å². The number of anilines is 1. The third kappa shape index (κ3) is 2.49. The van der Waals surface area contributed by atoms with E-state index in [1.807, 2.05) is 0 Å². The van der Waals surface area contributed by atoms with Crippen LogP contribution in [0.15, 0.2) is 0 Å². The van der Waals surface area contributed by atoms with Crippen LogP contribution in [-0.4, -0.2) is 22.0 Å². The van der Waals surface area contributed by atoms with E-state index in [-0.39, 0.29) is 17.7 Å². The van der Waals surface area contributed by atoms with Gasteiger partial charge in [-0.05, 0) is 38.5 Å². The minimum absolute atomic E-state index is 0.0730. The normalized spacial score (nSPS) is 25.3. The van der Waals surface area contributed by atoms with Crippen molar-refractivity contribution in [1.29, 1.82) is 0 Å². The monoisotopic (exact) mass is 280 g/mol. The summed E-state index contributed by atoms with van der Waals surface area (Å²) in [6.45, 7) is 0. The van der Waals surface area contributed by atoms with E-state index in [0.29, 0.717) is 24.4 Å². The molecule has 0 unspecified atom stereocenters. The Morgan fingerprint density at radius 1 is 1.26 bits per heavy atom. The molecule has 5 nitrogen and oxygen atoms in total. The first-order chi connectivity index (χ1) is 9.13. The molecule has 1 fully saturated rings. The highest BCUT2D eigenvalue weighted by Crippen LogP contribution is 2.34. The first-order valence-corrected chi connectivity index (χ1v) is 7.47. The Morgan fingerprint density at radius 3 is 2.74 bits per heavy atom. The van der Waals surface area contributed by atoms with E-state index in [1.165, 1.54) is 4.88 Å². The quantitative estimate of drug-likeness (QED) is 0.888. The summed E-state index contributed by atoms with van der Waals surface area (Å²) in [5, 5.41) is 12.5. The lowest BCUT2D eigenvalue weighted by Crippen LogP contribution is -2.21. The number of nitrogens with one attached hydrogen (secondary N) is 1.